The molecule has 3 rings (SSSR count). The minimum atomic E-state index is -0.0493. The summed E-state index contributed by atoms with van der Waals surface area (Å²) in [4.78, 5) is 31.7. The molecule has 21 heavy (non-hydrogen) atoms. The normalized spacial score (nSPS) is 21.1. The Morgan fingerprint density at radius 2 is 1.90 bits per heavy atom. The van der Waals surface area contributed by atoms with Gasteiger partial charge in [0.1, 0.15) is 0 Å². The van der Waals surface area contributed by atoms with Crippen molar-refractivity contribution in [3.63, 3.8) is 0 Å². The number of carbonyl (C=O) groups excluding carboxylic acids is 2. The van der Waals surface area contributed by atoms with Gasteiger partial charge in [0.05, 0.1) is 0 Å². The van der Waals surface area contributed by atoms with E-state index < -0.39 is 0 Å². The lowest BCUT2D eigenvalue weighted by atomic mass is 9.84. The quantitative estimate of drug-likeness (QED) is 0.830. The second-order valence-corrected chi connectivity index (χ2v) is 6.07. The Balaban J connectivity index is 1.75. The first kappa shape index (κ1) is 14.0. The molecular weight excluding hydrogens is 266 g/mol. The van der Waals surface area contributed by atoms with Crippen molar-refractivity contribution >= 4 is 11.8 Å². The maximum Gasteiger partial charge on any atom is 0.223 e. The molecule has 112 valence electrons. The minimum Gasteiger partial charge on any atom is -0.343 e. The number of likely N-dealkylation sites (tertiary alicyclic amines) is 2. The number of amides is 2. The Kier molecular flexibility index (Phi) is 3.66. The van der Waals surface area contributed by atoms with Gasteiger partial charge in [0.25, 0.3) is 0 Å². The van der Waals surface area contributed by atoms with Crippen LogP contribution in [0.5, 0.6) is 0 Å². The molecule has 1 aromatic heterocycles. The fourth-order valence-corrected chi connectivity index (χ4v) is 3.56. The van der Waals surface area contributed by atoms with Crippen LogP contribution in [0.2, 0.25) is 0 Å². The summed E-state index contributed by atoms with van der Waals surface area (Å²) in [6.45, 7) is 3.79. The molecule has 0 aromatic carbocycles. The van der Waals surface area contributed by atoms with Crippen LogP contribution in [0.1, 0.15) is 38.2 Å². The van der Waals surface area contributed by atoms with E-state index in [1.54, 1.807) is 19.3 Å². The second kappa shape index (κ2) is 5.47. The van der Waals surface area contributed by atoms with Crippen molar-refractivity contribution in [2.24, 2.45) is 0 Å². The molecule has 2 saturated heterocycles. The molecule has 5 nitrogen and oxygen atoms in total. The molecule has 3 heterocycles. The molecular formula is C16H21N3O2. The van der Waals surface area contributed by atoms with Crippen molar-refractivity contribution in [1.29, 1.82) is 0 Å². The molecule has 0 saturated carbocycles. The van der Waals surface area contributed by atoms with Crippen molar-refractivity contribution in [1.82, 2.24) is 14.8 Å². The molecule has 0 aliphatic carbocycles. The fourth-order valence-electron chi connectivity index (χ4n) is 3.56. The van der Waals surface area contributed by atoms with E-state index in [1.165, 1.54) is 0 Å². The number of nitrogens with zero attached hydrogens (tertiary/aromatic N) is 3. The van der Waals surface area contributed by atoms with Crippen LogP contribution in [0.15, 0.2) is 24.5 Å². The minimum absolute atomic E-state index is 0.0493. The summed E-state index contributed by atoms with van der Waals surface area (Å²) in [6, 6.07) is 3.92. The fraction of sp³-hybridized carbons (Fsp3) is 0.562. The molecule has 5 heteroatoms. The Bertz CT molecular complexity index is 536. The van der Waals surface area contributed by atoms with Crippen molar-refractivity contribution in [3.05, 3.63) is 30.1 Å². The smallest absolute Gasteiger partial charge is 0.223 e. The molecule has 1 spiro atoms. The van der Waals surface area contributed by atoms with Gasteiger partial charge in [-0.2, -0.15) is 0 Å². The van der Waals surface area contributed by atoms with E-state index in [9.17, 15) is 9.59 Å². The van der Waals surface area contributed by atoms with Gasteiger partial charge in [-0.3, -0.25) is 14.6 Å². The maximum absolute atomic E-state index is 12.3. The monoisotopic (exact) mass is 287 g/mol. The van der Waals surface area contributed by atoms with Crippen LogP contribution >= 0.6 is 0 Å². The van der Waals surface area contributed by atoms with Gasteiger partial charge in [-0.05, 0) is 37.0 Å². The first-order chi connectivity index (χ1) is 10.1. The summed E-state index contributed by atoms with van der Waals surface area (Å²) in [6.07, 6.45) is 6.86. The van der Waals surface area contributed by atoms with Gasteiger partial charge < -0.3 is 9.80 Å². The van der Waals surface area contributed by atoms with Crippen LogP contribution in [-0.4, -0.2) is 45.2 Å². The van der Waals surface area contributed by atoms with Gasteiger partial charge in [-0.15, -0.1) is 0 Å². The van der Waals surface area contributed by atoms with Crippen molar-refractivity contribution < 1.29 is 9.59 Å². The number of rotatable bonds is 2. The number of piperidine rings is 1. The van der Waals surface area contributed by atoms with Crippen LogP contribution in [0.3, 0.4) is 0 Å². The lowest BCUT2D eigenvalue weighted by Gasteiger charge is -2.44. The predicted octanol–water partition coefficient (Wildman–Crippen LogP) is 1.59. The molecule has 0 bridgehead atoms. The Morgan fingerprint density at radius 1 is 1.24 bits per heavy atom. The maximum atomic E-state index is 12.3. The first-order valence-electron chi connectivity index (χ1n) is 7.56. The Hall–Kier alpha value is -1.91. The summed E-state index contributed by atoms with van der Waals surface area (Å²) in [5.74, 6) is 0.373. The van der Waals surface area contributed by atoms with Crippen LogP contribution in [0, 0.1) is 0 Å². The summed E-state index contributed by atoms with van der Waals surface area (Å²) in [7, 11) is 0. The molecule has 0 atom stereocenters. The molecule has 2 amide bonds. The third-order valence-corrected chi connectivity index (χ3v) is 4.91. The summed E-state index contributed by atoms with van der Waals surface area (Å²) < 4.78 is 0. The number of aromatic nitrogens is 1. The highest BCUT2D eigenvalue weighted by Crippen LogP contribution is 2.40. The van der Waals surface area contributed by atoms with E-state index >= 15 is 0 Å². The molecule has 2 fully saturated rings. The van der Waals surface area contributed by atoms with E-state index in [2.05, 4.69) is 4.98 Å². The van der Waals surface area contributed by atoms with Gasteiger partial charge in [0.2, 0.25) is 11.8 Å². The van der Waals surface area contributed by atoms with E-state index in [0.29, 0.717) is 13.0 Å². The topological polar surface area (TPSA) is 53.5 Å². The largest absolute Gasteiger partial charge is 0.343 e. The van der Waals surface area contributed by atoms with E-state index in [1.807, 2.05) is 21.9 Å². The number of hydrogen-bond acceptors (Lipinski definition) is 3. The zero-order valence-electron chi connectivity index (χ0n) is 12.4. The average molecular weight is 287 g/mol. The third kappa shape index (κ3) is 2.64. The van der Waals surface area contributed by atoms with Crippen molar-refractivity contribution in [3.8, 4) is 0 Å². The average Bonchev–Trinajstić information content (AvgIpc) is 2.78. The molecule has 0 N–H and O–H groups in total. The lowest BCUT2D eigenvalue weighted by Crippen LogP contribution is -2.53. The number of pyridine rings is 1. The van der Waals surface area contributed by atoms with Gasteiger partial charge in [-0.1, -0.05) is 0 Å². The van der Waals surface area contributed by atoms with Crippen LogP contribution in [0.25, 0.3) is 0 Å². The highest BCUT2D eigenvalue weighted by atomic mass is 16.2. The van der Waals surface area contributed by atoms with E-state index in [0.717, 1.165) is 37.9 Å². The molecule has 2 aliphatic rings. The first-order valence-corrected chi connectivity index (χ1v) is 7.56. The highest BCUT2D eigenvalue weighted by molar-refractivity contribution is 5.80. The van der Waals surface area contributed by atoms with Gasteiger partial charge in [-0.25, -0.2) is 0 Å². The molecule has 0 radical (unpaired) electrons. The standard InChI is InChI=1S/C16H21N3O2/c1-13(20)18-10-6-16(7-11-18)5-2-15(21)19(16)12-14-3-8-17-9-4-14/h3-4,8-9H,2,5-7,10-12H2,1H3. The van der Waals surface area contributed by atoms with Crippen LogP contribution < -0.4 is 0 Å². The number of hydrogen-bond donors (Lipinski definition) is 0. The Labute approximate surface area is 124 Å². The van der Waals surface area contributed by atoms with Crippen LogP contribution in [0.4, 0.5) is 0 Å². The lowest BCUT2D eigenvalue weighted by molar-refractivity contribution is -0.136. The van der Waals surface area contributed by atoms with Crippen molar-refractivity contribution in [2.75, 3.05) is 13.1 Å². The van der Waals surface area contributed by atoms with Crippen molar-refractivity contribution in [2.45, 2.75) is 44.7 Å². The molecule has 0 unspecified atom stereocenters. The van der Waals surface area contributed by atoms with E-state index in [-0.39, 0.29) is 17.4 Å². The molecule has 1 aromatic rings. The zero-order valence-corrected chi connectivity index (χ0v) is 12.4. The highest BCUT2D eigenvalue weighted by Gasteiger charge is 2.46. The molecule has 2 aliphatic heterocycles. The van der Waals surface area contributed by atoms with Gasteiger partial charge in [0, 0.05) is 50.9 Å². The van der Waals surface area contributed by atoms with Crippen LogP contribution in [-0.2, 0) is 16.1 Å². The summed E-state index contributed by atoms with van der Waals surface area (Å²) in [5.41, 5.74) is 1.07. The predicted molar refractivity (Wildman–Crippen MR) is 78.2 cm³/mol. The SMILES string of the molecule is CC(=O)N1CCC2(CCC(=O)N2Cc2ccncc2)CC1. The number of carbonyl (C=O) groups is 2. The van der Waals surface area contributed by atoms with E-state index in [4.69, 9.17) is 0 Å². The van der Waals surface area contributed by atoms with Gasteiger partial charge in [0.15, 0.2) is 0 Å². The summed E-state index contributed by atoms with van der Waals surface area (Å²) in [5, 5.41) is 0. The third-order valence-electron chi connectivity index (χ3n) is 4.91. The second-order valence-electron chi connectivity index (χ2n) is 6.07. The Morgan fingerprint density at radius 3 is 2.52 bits per heavy atom. The van der Waals surface area contributed by atoms with Gasteiger partial charge >= 0.3 is 0 Å². The zero-order chi connectivity index (χ0) is 14.9. The summed E-state index contributed by atoms with van der Waals surface area (Å²) >= 11 is 0.